The Hall–Kier alpha value is -1.83. The molecule has 0 aromatic carbocycles. The third-order valence-corrected chi connectivity index (χ3v) is 8.26. The van der Waals surface area contributed by atoms with Gasteiger partial charge in [-0.15, -0.1) is 0 Å². The molecule has 0 aromatic rings. The van der Waals surface area contributed by atoms with Crippen molar-refractivity contribution in [2.45, 2.75) is 148 Å². The van der Waals surface area contributed by atoms with Crippen molar-refractivity contribution in [2.24, 2.45) is 5.73 Å². The number of hydrogen-bond donors (Lipinski definition) is 7. The molecule has 0 heterocycles. The van der Waals surface area contributed by atoms with E-state index in [-0.39, 0.29) is 41.4 Å². The molecule has 3 unspecified atom stereocenters. The fourth-order valence-electron chi connectivity index (χ4n) is 4.95. The van der Waals surface area contributed by atoms with Gasteiger partial charge in [-0.25, -0.2) is 0 Å². The Morgan fingerprint density at radius 3 is 1.85 bits per heavy atom. The van der Waals surface area contributed by atoms with E-state index in [9.17, 15) is 14.4 Å². The van der Waals surface area contributed by atoms with Gasteiger partial charge in [0.15, 0.2) is 0 Å². The minimum atomic E-state index is -0.672. The third kappa shape index (κ3) is 21.9. The van der Waals surface area contributed by atoms with Gasteiger partial charge in [0.05, 0.1) is 29.9 Å². The van der Waals surface area contributed by atoms with E-state index in [4.69, 9.17) is 15.2 Å². The second-order valence-corrected chi connectivity index (χ2v) is 13.8. The summed E-state index contributed by atoms with van der Waals surface area (Å²) in [5.41, 5.74) is 4.95. The summed E-state index contributed by atoms with van der Waals surface area (Å²) in [4.78, 5) is 39.4. The molecule has 0 radical (unpaired) electrons. The first-order valence-corrected chi connectivity index (χ1v) is 17.5. The van der Waals surface area contributed by atoms with E-state index in [2.05, 4.69) is 31.9 Å². The Kier molecular flexibility index (Phi) is 24.2. The molecule has 0 spiro atoms. The Morgan fingerprint density at radius 2 is 1.26 bits per heavy atom. The van der Waals surface area contributed by atoms with Crippen LogP contribution in [0.3, 0.4) is 0 Å². The van der Waals surface area contributed by atoms with Crippen molar-refractivity contribution in [2.75, 3.05) is 54.0 Å². The average molecular weight is 658 g/mol. The van der Waals surface area contributed by atoms with Gasteiger partial charge in [0, 0.05) is 26.2 Å². The Bertz CT molecular complexity index is 826. The van der Waals surface area contributed by atoms with Crippen molar-refractivity contribution in [3.05, 3.63) is 0 Å². The number of likely N-dealkylation sites (N-methyl/N-ethyl adjacent to an activating group) is 1. The first-order chi connectivity index (χ1) is 21.7. The zero-order chi connectivity index (χ0) is 35.0. The van der Waals surface area contributed by atoms with Crippen LogP contribution in [0, 0.1) is 0 Å². The minimum absolute atomic E-state index is 0.0148. The zero-order valence-corrected chi connectivity index (χ0v) is 30.7. The third-order valence-electron chi connectivity index (χ3n) is 8.26. The molecule has 272 valence electrons. The number of unbranched alkanes of at least 4 members (excludes halogenated alkanes) is 3. The first-order valence-electron chi connectivity index (χ1n) is 17.5. The first kappa shape index (κ1) is 44.2. The summed E-state index contributed by atoms with van der Waals surface area (Å²) in [7, 11) is 5.38. The number of carbonyl (C=O) groups excluding carboxylic acids is 3. The maximum atomic E-state index is 13.3. The van der Waals surface area contributed by atoms with Gasteiger partial charge >= 0.3 is 0 Å². The molecular weight excluding hydrogens is 586 g/mol. The van der Waals surface area contributed by atoms with Gasteiger partial charge in [-0.05, 0) is 113 Å². The number of methoxy groups -OCH3 is 1. The number of nitrogens with two attached hydrogens (primary N) is 1. The van der Waals surface area contributed by atoms with Gasteiger partial charge < -0.3 is 47.1 Å². The summed E-state index contributed by atoms with van der Waals surface area (Å²) >= 11 is 0. The maximum absolute atomic E-state index is 13.3. The summed E-state index contributed by atoms with van der Waals surface area (Å²) in [6.45, 7) is 15.1. The normalized spacial score (nSPS) is 14.2. The fraction of sp³-hybridized carbons (Fsp3) is 0.912. The van der Waals surface area contributed by atoms with Crippen LogP contribution in [-0.4, -0.2) is 107 Å². The number of amides is 3. The lowest BCUT2D eigenvalue weighted by Crippen LogP contribution is -2.52. The van der Waals surface area contributed by atoms with Gasteiger partial charge in [0.2, 0.25) is 17.7 Å². The zero-order valence-electron chi connectivity index (χ0n) is 30.7. The number of carbonyl (C=O) groups is 3. The lowest BCUT2D eigenvalue weighted by atomic mass is 10.0. The molecule has 12 heteroatoms. The predicted molar refractivity (Wildman–Crippen MR) is 188 cm³/mol. The molecule has 0 bridgehead atoms. The monoisotopic (exact) mass is 658 g/mol. The molecule has 0 aromatic heterocycles. The van der Waals surface area contributed by atoms with Crippen LogP contribution in [-0.2, 0) is 23.9 Å². The van der Waals surface area contributed by atoms with E-state index in [1.165, 1.54) is 0 Å². The Balaban J connectivity index is 5.13. The fourth-order valence-corrected chi connectivity index (χ4v) is 4.95. The second kappa shape index (κ2) is 25.2. The van der Waals surface area contributed by atoms with E-state index in [1.54, 1.807) is 14.2 Å². The Labute approximate surface area is 280 Å². The number of ether oxygens (including phenoxy) is 2. The summed E-state index contributed by atoms with van der Waals surface area (Å²) in [5, 5.41) is 18.6. The topological polar surface area (TPSA) is 168 Å². The lowest BCUT2D eigenvalue weighted by molar-refractivity contribution is -0.130. The highest BCUT2D eigenvalue weighted by Crippen LogP contribution is 2.18. The average Bonchev–Trinajstić information content (AvgIpc) is 2.99. The Morgan fingerprint density at radius 1 is 0.696 bits per heavy atom. The van der Waals surface area contributed by atoms with Gasteiger partial charge in [0.1, 0.15) is 6.04 Å². The smallest absolute Gasteiger partial charge is 0.242 e. The van der Waals surface area contributed by atoms with E-state index >= 15 is 0 Å². The van der Waals surface area contributed by atoms with Crippen LogP contribution in [0.1, 0.15) is 112 Å². The minimum Gasteiger partial charge on any atom is -0.379 e. The molecule has 0 saturated carbocycles. The molecule has 3 amide bonds. The highest BCUT2D eigenvalue weighted by Gasteiger charge is 2.26. The molecule has 8 N–H and O–H groups in total. The van der Waals surface area contributed by atoms with Gasteiger partial charge in [-0.3, -0.25) is 14.4 Å². The van der Waals surface area contributed by atoms with E-state index < -0.39 is 11.6 Å². The van der Waals surface area contributed by atoms with Crippen LogP contribution < -0.4 is 37.6 Å². The SMILES string of the molecule is CNCCCCC(NC)C(=O)NC(CCCCNC(=O)C(CCCCN)NC(C)C)C(=O)NCCC(C)(C)OCCC(C)(C)OC. The highest BCUT2D eigenvalue weighted by atomic mass is 16.5. The number of hydrogen-bond acceptors (Lipinski definition) is 9. The molecule has 0 fully saturated rings. The summed E-state index contributed by atoms with van der Waals surface area (Å²) in [6.07, 6.45) is 8.30. The van der Waals surface area contributed by atoms with Crippen molar-refractivity contribution < 1.29 is 23.9 Å². The second-order valence-electron chi connectivity index (χ2n) is 13.8. The maximum Gasteiger partial charge on any atom is 0.242 e. The van der Waals surface area contributed by atoms with Crippen molar-refractivity contribution in [1.29, 1.82) is 0 Å². The van der Waals surface area contributed by atoms with Crippen LogP contribution in [0.2, 0.25) is 0 Å². The molecule has 0 saturated heterocycles. The van der Waals surface area contributed by atoms with Crippen molar-refractivity contribution in [3.8, 4) is 0 Å². The summed E-state index contributed by atoms with van der Waals surface area (Å²) in [6, 6.07) is -1.11. The van der Waals surface area contributed by atoms with Crippen molar-refractivity contribution in [1.82, 2.24) is 31.9 Å². The molecule has 46 heavy (non-hydrogen) atoms. The molecule has 0 aliphatic heterocycles. The summed E-state index contributed by atoms with van der Waals surface area (Å²) in [5.74, 6) is -0.399. The van der Waals surface area contributed by atoms with Crippen LogP contribution in [0.5, 0.6) is 0 Å². The molecule has 3 atom stereocenters. The largest absolute Gasteiger partial charge is 0.379 e. The highest BCUT2D eigenvalue weighted by molar-refractivity contribution is 5.89. The van der Waals surface area contributed by atoms with Gasteiger partial charge in [-0.2, -0.15) is 0 Å². The van der Waals surface area contributed by atoms with E-state index in [0.29, 0.717) is 58.3 Å². The quantitative estimate of drug-likeness (QED) is 0.0598. The molecular formula is C34H71N7O5. The molecule has 0 aliphatic rings. The van der Waals surface area contributed by atoms with Crippen LogP contribution >= 0.6 is 0 Å². The van der Waals surface area contributed by atoms with Crippen LogP contribution in [0.25, 0.3) is 0 Å². The summed E-state index contributed by atoms with van der Waals surface area (Å²) < 4.78 is 11.6. The predicted octanol–water partition coefficient (Wildman–Crippen LogP) is 2.35. The lowest BCUT2D eigenvalue weighted by Gasteiger charge is -2.29. The standard InChI is InChI=1S/C34H71N7O5/c1-26(2)40-28(17-10-13-21-35)30(42)38-23-15-12-18-29(41-32(44)27(37-8)16-11-14-22-36-7)31(43)39-24-19-34(5,6)46-25-20-33(3,4)45-9/h26-29,36-37,40H,10-25,35H2,1-9H3,(H,38,42)(H,39,43)(H,41,44). The van der Waals surface area contributed by atoms with Gasteiger partial charge in [0.25, 0.3) is 0 Å². The van der Waals surface area contributed by atoms with Gasteiger partial charge in [-0.1, -0.05) is 26.7 Å². The van der Waals surface area contributed by atoms with Crippen molar-refractivity contribution in [3.63, 3.8) is 0 Å². The van der Waals surface area contributed by atoms with E-state index in [1.807, 2.05) is 48.6 Å². The van der Waals surface area contributed by atoms with Crippen LogP contribution in [0.15, 0.2) is 0 Å². The van der Waals surface area contributed by atoms with Crippen molar-refractivity contribution >= 4 is 17.7 Å². The number of nitrogens with one attached hydrogen (secondary N) is 6. The van der Waals surface area contributed by atoms with E-state index in [0.717, 1.165) is 45.1 Å². The molecule has 0 aliphatic carbocycles. The number of rotatable bonds is 29. The van der Waals surface area contributed by atoms with Crippen LogP contribution in [0.4, 0.5) is 0 Å². The molecule has 12 nitrogen and oxygen atoms in total. The molecule has 0 rings (SSSR count).